The van der Waals surface area contributed by atoms with Gasteiger partial charge in [0.2, 0.25) is 0 Å². The average molecular weight is 291 g/mol. The fourth-order valence-corrected chi connectivity index (χ4v) is 2.99. The summed E-state index contributed by atoms with van der Waals surface area (Å²) in [4.78, 5) is 27.7. The van der Waals surface area contributed by atoms with E-state index < -0.39 is 23.1 Å². The molecule has 1 rings (SSSR count). The van der Waals surface area contributed by atoms with Gasteiger partial charge in [0.15, 0.2) is 0 Å². The number of nitrogens with one attached hydrogen (secondary N) is 1. The minimum absolute atomic E-state index is 0.0395. The number of hydrogen-bond donors (Lipinski definition) is 2. The van der Waals surface area contributed by atoms with E-state index in [1.165, 1.54) is 0 Å². The van der Waals surface area contributed by atoms with Crippen molar-refractivity contribution in [3.05, 3.63) is 0 Å². The molecular formula is C12H21NO5S. The summed E-state index contributed by atoms with van der Waals surface area (Å²) in [6.07, 6.45) is 0.379. The van der Waals surface area contributed by atoms with Gasteiger partial charge in [-0.05, 0) is 45.1 Å². The second kappa shape index (κ2) is 6.47. The highest BCUT2D eigenvalue weighted by molar-refractivity contribution is 7.99. The van der Waals surface area contributed by atoms with Crippen molar-refractivity contribution in [2.75, 3.05) is 18.1 Å². The molecule has 0 radical (unpaired) electrons. The summed E-state index contributed by atoms with van der Waals surface area (Å²) in [5, 5.41) is 9.31. The second-order valence-corrected chi connectivity index (χ2v) is 6.82. The molecule has 0 atom stereocenters. The van der Waals surface area contributed by atoms with Gasteiger partial charge in [-0.15, -0.1) is 0 Å². The molecule has 1 fully saturated rings. The Hall–Kier alpha value is -0.950. The number of rotatable bonds is 4. The van der Waals surface area contributed by atoms with Crippen LogP contribution in [0.3, 0.4) is 0 Å². The Morgan fingerprint density at radius 1 is 1.32 bits per heavy atom. The number of hydroxylamine groups is 1. The molecule has 1 saturated heterocycles. The van der Waals surface area contributed by atoms with Crippen molar-refractivity contribution >= 4 is 23.8 Å². The van der Waals surface area contributed by atoms with Crippen LogP contribution in [-0.4, -0.2) is 40.9 Å². The van der Waals surface area contributed by atoms with Crippen LogP contribution < -0.4 is 5.48 Å². The summed E-state index contributed by atoms with van der Waals surface area (Å²) in [5.41, 5.74) is 0.621. The number of aliphatic carboxylic acids is 1. The molecule has 6 nitrogen and oxygen atoms in total. The number of amides is 1. The lowest BCUT2D eigenvalue weighted by atomic mass is 9.83. The van der Waals surface area contributed by atoms with Crippen LogP contribution in [0.25, 0.3) is 0 Å². The molecular weight excluding hydrogens is 270 g/mol. The summed E-state index contributed by atoms with van der Waals surface area (Å²) in [6.45, 7) is 5.18. The molecule has 1 aliphatic rings. The fraction of sp³-hybridized carbons (Fsp3) is 0.833. The van der Waals surface area contributed by atoms with Crippen molar-refractivity contribution < 1.29 is 24.3 Å². The molecule has 0 unspecified atom stereocenters. The largest absolute Gasteiger partial charge is 0.481 e. The van der Waals surface area contributed by atoms with Crippen molar-refractivity contribution in [3.63, 3.8) is 0 Å². The van der Waals surface area contributed by atoms with Gasteiger partial charge in [0, 0.05) is 0 Å². The van der Waals surface area contributed by atoms with Crippen LogP contribution in [0.1, 0.15) is 33.6 Å². The summed E-state index contributed by atoms with van der Waals surface area (Å²) in [6, 6.07) is 0. The van der Waals surface area contributed by atoms with Gasteiger partial charge in [-0.1, -0.05) is 0 Å². The Morgan fingerprint density at radius 2 is 1.89 bits per heavy atom. The number of carbonyl (C=O) groups is 2. The molecule has 1 amide bonds. The van der Waals surface area contributed by atoms with Crippen molar-refractivity contribution in [2.24, 2.45) is 5.41 Å². The van der Waals surface area contributed by atoms with E-state index in [-0.39, 0.29) is 6.61 Å². The molecule has 1 aliphatic heterocycles. The second-order valence-electron chi connectivity index (χ2n) is 5.59. The molecule has 0 bridgehead atoms. The molecule has 7 heteroatoms. The Labute approximate surface area is 117 Å². The topological polar surface area (TPSA) is 84.9 Å². The summed E-state index contributed by atoms with van der Waals surface area (Å²) < 4.78 is 4.99. The first-order valence-corrected chi connectivity index (χ1v) is 7.33. The summed E-state index contributed by atoms with van der Waals surface area (Å²) in [5.74, 6) is 0.711. The van der Waals surface area contributed by atoms with Crippen molar-refractivity contribution in [1.29, 1.82) is 0 Å². The number of ether oxygens (including phenoxy) is 1. The lowest BCUT2D eigenvalue weighted by Gasteiger charge is -2.32. The minimum atomic E-state index is -0.903. The first-order chi connectivity index (χ1) is 8.75. The highest BCUT2D eigenvalue weighted by atomic mass is 32.2. The van der Waals surface area contributed by atoms with Crippen LogP contribution in [0.4, 0.5) is 4.79 Å². The Morgan fingerprint density at radius 3 is 2.37 bits per heavy atom. The average Bonchev–Trinajstić information content (AvgIpc) is 2.27. The third-order valence-electron chi connectivity index (χ3n) is 2.81. The van der Waals surface area contributed by atoms with Gasteiger partial charge in [-0.3, -0.25) is 9.63 Å². The quantitative estimate of drug-likeness (QED) is 0.771. The lowest BCUT2D eigenvalue weighted by Crippen LogP contribution is -2.42. The molecule has 2 N–H and O–H groups in total. The molecule has 19 heavy (non-hydrogen) atoms. The lowest BCUT2D eigenvalue weighted by molar-refractivity contribution is -0.156. The van der Waals surface area contributed by atoms with E-state index in [1.807, 2.05) is 0 Å². The molecule has 0 aromatic heterocycles. The van der Waals surface area contributed by atoms with E-state index in [9.17, 15) is 14.7 Å². The predicted octanol–water partition coefficient (Wildman–Crippen LogP) is 2.04. The van der Waals surface area contributed by atoms with Gasteiger partial charge in [-0.2, -0.15) is 17.2 Å². The van der Waals surface area contributed by atoms with Crippen LogP contribution in [0.2, 0.25) is 0 Å². The Kier molecular flexibility index (Phi) is 5.49. The van der Waals surface area contributed by atoms with E-state index in [0.29, 0.717) is 12.8 Å². The summed E-state index contributed by atoms with van der Waals surface area (Å²) in [7, 11) is 0. The third kappa shape index (κ3) is 5.28. The Balaban J connectivity index is 2.41. The van der Waals surface area contributed by atoms with Crippen LogP contribution >= 0.6 is 11.8 Å². The van der Waals surface area contributed by atoms with Gasteiger partial charge < -0.3 is 9.84 Å². The molecule has 0 spiro atoms. The van der Waals surface area contributed by atoms with Crippen molar-refractivity contribution in [2.45, 2.75) is 39.2 Å². The molecule has 1 heterocycles. The van der Waals surface area contributed by atoms with Gasteiger partial charge in [0.05, 0.1) is 12.0 Å². The normalized spacial score (nSPS) is 18.7. The van der Waals surface area contributed by atoms with Crippen LogP contribution in [0.15, 0.2) is 0 Å². The molecule has 0 saturated carbocycles. The van der Waals surface area contributed by atoms with E-state index in [1.54, 1.807) is 32.5 Å². The maximum atomic E-state index is 11.4. The molecule has 0 aromatic rings. The van der Waals surface area contributed by atoms with Crippen LogP contribution in [0, 0.1) is 5.41 Å². The standard InChI is InChI=1S/C12H21NO5S/c1-11(2,3)18-10(16)13-17-8-12(9(14)15)4-6-19-7-5-12/h4-8H2,1-3H3,(H,13,16)(H,14,15). The maximum absolute atomic E-state index is 11.4. The summed E-state index contributed by atoms with van der Waals surface area (Å²) >= 11 is 1.73. The van der Waals surface area contributed by atoms with Gasteiger partial charge >= 0.3 is 12.1 Å². The van der Waals surface area contributed by atoms with Gasteiger partial charge in [0.1, 0.15) is 5.60 Å². The number of thioether (sulfide) groups is 1. The number of carboxylic acids is 1. The highest BCUT2D eigenvalue weighted by Crippen LogP contribution is 2.35. The van der Waals surface area contributed by atoms with Crippen LogP contribution in [0.5, 0.6) is 0 Å². The van der Waals surface area contributed by atoms with Crippen molar-refractivity contribution in [3.8, 4) is 0 Å². The molecule has 0 aromatic carbocycles. The van der Waals surface area contributed by atoms with Gasteiger partial charge in [0.25, 0.3) is 0 Å². The highest BCUT2D eigenvalue weighted by Gasteiger charge is 2.40. The molecule has 0 aliphatic carbocycles. The first kappa shape index (κ1) is 16.1. The number of carboxylic acid groups (broad SMARTS) is 1. The van der Waals surface area contributed by atoms with Crippen molar-refractivity contribution in [1.82, 2.24) is 5.48 Å². The number of hydrogen-bond acceptors (Lipinski definition) is 5. The first-order valence-electron chi connectivity index (χ1n) is 6.17. The zero-order valence-electron chi connectivity index (χ0n) is 11.5. The van der Waals surface area contributed by atoms with E-state index >= 15 is 0 Å². The molecule has 110 valence electrons. The van der Waals surface area contributed by atoms with E-state index in [2.05, 4.69) is 5.48 Å². The number of carbonyl (C=O) groups excluding carboxylic acids is 1. The van der Waals surface area contributed by atoms with E-state index in [0.717, 1.165) is 11.5 Å². The minimum Gasteiger partial charge on any atom is -0.481 e. The third-order valence-corrected chi connectivity index (χ3v) is 3.79. The zero-order chi connectivity index (χ0) is 14.5. The monoisotopic (exact) mass is 291 g/mol. The maximum Gasteiger partial charge on any atom is 0.431 e. The zero-order valence-corrected chi connectivity index (χ0v) is 12.3. The predicted molar refractivity (Wildman–Crippen MR) is 71.9 cm³/mol. The van der Waals surface area contributed by atoms with Gasteiger partial charge in [-0.25, -0.2) is 4.79 Å². The SMILES string of the molecule is CC(C)(C)OC(=O)NOCC1(C(=O)O)CCSCC1. The Bertz CT molecular complexity index is 334. The smallest absolute Gasteiger partial charge is 0.431 e. The van der Waals surface area contributed by atoms with E-state index in [4.69, 9.17) is 9.57 Å². The fourth-order valence-electron chi connectivity index (χ4n) is 1.71. The van der Waals surface area contributed by atoms with Crippen LogP contribution in [-0.2, 0) is 14.4 Å².